The molecule has 0 radical (unpaired) electrons. The summed E-state index contributed by atoms with van der Waals surface area (Å²) < 4.78 is 6.73. The predicted octanol–water partition coefficient (Wildman–Crippen LogP) is 7.79. The van der Waals surface area contributed by atoms with E-state index < -0.39 is 16.4 Å². The van der Waals surface area contributed by atoms with Crippen molar-refractivity contribution < 1.29 is 4.43 Å². The van der Waals surface area contributed by atoms with Gasteiger partial charge in [0, 0.05) is 14.2 Å². The zero-order chi connectivity index (χ0) is 17.8. The second-order valence-corrected chi connectivity index (χ2v) is 19.6. The third kappa shape index (κ3) is 15.7. The van der Waals surface area contributed by atoms with Crippen molar-refractivity contribution in [3.8, 4) is 0 Å². The van der Waals surface area contributed by atoms with E-state index in [0.29, 0.717) is 6.10 Å². The van der Waals surface area contributed by atoms with Crippen molar-refractivity contribution in [3.63, 3.8) is 0 Å². The Hall–Kier alpha value is 0.394. The average molecular weight is 359 g/mol. The Morgan fingerprint density at radius 2 is 1.13 bits per heavy atom. The van der Waals surface area contributed by atoms with Gasteiger partial charge >= 0.3 is 0 Å². The van der Waals surface area contributed by atoms with Gasteiger partial charge in [0.15, 0.2) is 8.32 Å². The topological polar surface area (TPSA) is 9.23 Å². The van der Waals surface area contributed by atoms with Crippen LogP contribution in [0.15, 0.2) is 0 Å². The van der Waals surface area contributed by atoms with Crippen molar-refractivity contribution in [2.45, 2.75) is 129 Å². The van der Waals surface area contributed by atoms with E-state index in [9.17, 15) is 0 Å². The van der Waals surface area contributed by atoms with Gasteiger partial charge < -0.3 is 4.43 Å². The van der Waals surface area contributed by atoms with Crippen molar-refractivity contribution in [3.05, 3.63) is 0 Å². The van der Waals surface area contributed by atoms with Crippen LogP contribution in [0.3, 0.4) is 0 Å². The Balaban J connectivity index is 4.14. The molecule has 0 aliphatic heterocycles. The fourth-order valence-corrected chi connectivity index (χ4v) is 15.5. The minimum Gasteiger partial charge on any atom is -0.415 e. The van der Waals surface area contributed by atoms with Crippen LogP contribution in [0.5, 0.6) is 0 Å². The van der Waals surface area contributed by atoms with E-state index in [0.717, 1.165) is 0 Å². The number of unbranched alkanes of at least 4 members (excludes halogenated alkanes) is 7. The van der Waals surface area contributed by atoms with E-state index in [-0.39, 0.29) is 0 Å². The first-order valence-corrected chi connectivity index (χ1v) is 17.2. The first-order chi connectivity index (χ1) is 10.7. The lowest BCUT2D eigenvalue weighted by atomic mass is 10.0. The quantitative estimate of drug-likeness (QED) is 0.214. The summed E-state index contributed by atoms with van der Waals surface area (Å²) in [6.45, 7) is 17.0. The largest absolute Gasteiger partial charge is 0.415 e. The summed E-state index contributed by atoms with van der Waals surface area (Å²) in [7, 11) is -2.49. The molecule has 0 aliphatic carbocycles. The summed E-state index contributed by atoms with van der Waals surface area (Å²) in [5.41, 5.74) is 1.40. The normalized spacial score (nSPS) is 14.2. The van der Waals surface area contributed by atoms with Gasteiger partial charge in [0.25, 0.3) is 0 Å². The SMILES string of the molecule is CCCCCCCCCC(CCCC)O[Si](C)(C)C[Si](C)(C)C. The van der Waals surface area contributed by atoms with Gasteiger partial charge in [0.05, 0.1) is 0 Å². The molecule has 0 saturated carbocycles. The highest BCUT2D eigenvalue weighted by atomic mass is 28.4. The number of rotatable bonds is 15. The second kappa shape index (κ2) is 12.7. The number of hydrogen-bond donors (Lipinski definition) is 0. The summed E-state index contributed by atoms with van der Waals surface area (Å²) in [6, 6.07) is 0. The summed E-state index contributed by atoms with van der Waals surface area (Å²) >= 11 is 0. The summed E-state index contributed by atoms with van der Waals surface area (Å²) in [5.74, 6) is 0. The molecule has 0 rings (SSSR count). The van der Waals surface area contributed by atoms with Crippen LogP contribution in [0, 0.1) is 0 Å². The van der Waals surface area contributed by atoms with E-state index in [2.05, 4.69) is 46.6 Å². The van der Waals surface area contributed by atoms with Crippen molar-refractivity contribution in [2.75, 3.05) is 0 Å². The van der Waals surface area contributed by atoms with Crippen LogP contribution in [0.1, 0.15) is 84.5 Å². The van der Waals surface area contributed by atoms with Crippen LogP contribution >= 0.6 is 0 Å². The maximum Gasteiger partial charge on any atom is 0.184 e. The standard InChI is InChI=1S/C20H46OSi2/c1-8-10-12-13-14-15-16-18-20(17-11-9-2)21-23(6,7)19-22(3,4)5/h20H,8-19H2,1-7H3. The maximum absolute atomic E-state index is 6.73. The Labute approximate surface area is 150 Å². The molecule has 0 heterocycles. The highest BCUT2D eigenvalue weighted by molar-refractivity contribution is 6.92. The van der Waals surface area contributed by atoms with Gasteiger partial charge in [-0.2, -0.15) is 0 Å². The fourth-order valence-electron chi connectivity index (χ4n) is 3.79. The molecule has 0 saturated heterocycles. The van der Waals surface area contributed by atoms with Crippen LogP contribution < -0.4 is 0 Å². The fraction of sp³-hybridized carbons (Fsp3) is 1.00. The lowest BCUT2D eigenvalue weighted by Crippen LogP contribution is -2.42. The molecule has 1 nitrogen and oxygen atoms in total. The molecule has 0 N–H and O–H groups in total. The van der Waals surface area contributed by atoms with Gasteiger partial charge in [-0.15, -0.1) is 0 Å². The molecule has 0 aromatic carbocycles. The van der Waals surface area contributed by atoms with Crippen LogP contribution in [0.2, 0.25) is 38.4 Å². The van der Waals surface area contributed by atoms with Crippen LogP contribution in [-0.4, -0.2) is 22.5 Å². The van der Waals surface area contributed by atoms with Gasteiger partial charge in [0.2, 0.25) is 0 Å². The zero-order valence-electron chi connectivity index (χ0n) is 17.5. The van der Waals surface area contributed by atoms with Crippen LogP contribution in [-0.2, 0) is 4.43 Å². The third-order valence-corrected chi connectivity index (χ3v) is 13.1. The van der Waals surface area contributed by atoms with E-state index in [1.54, 1.807) is 0 Å². The van der Waals surface area contributed by atoms with E-state index in [1.807, 2.05) is 0 Å². The molecular weight excluding hydrogens is 312 g/mol. The molecule has 0 bridgehead atoms. The van der Waals surface area contributed by atoms with Crippen molar-refractivity contribution in [2.24, 2.45) is 0 Å². The third-order valence-electron chi connectivity index (χ3n) is 4.45. The van der Waals surface area contributed by atoms with Gasteiger partial charge in [0.1, 0.15) is 0 Å². The average Bonchev–Trinajstić information content (AvgIpc) is 2.40. The summed E-state index contributed by atoms with van der Waals surface area (Å²) in [4.78, 5) is 0. The molecule has 3 heteroatoms. The van der Waals surface area contributed by atoms with E-state index >= 15 is 0 Å². The molecule has 0 amide bonds. The van der Waals surface area contributed by atoms with E-state index in [1.165, 1.54) is 76.3 Å². The first-order valence-electron chi connectivity index (χ1n) is 10.4. The Bertz CT molecular complexity index is 271. The van der Waals surface area contributed by atoms with Gasteiger partial charge in [-0.1, -0.05) is 91.3 Å². The highest BCUT2D eigenvalue weighted by Crippen LogP contribution is 2.25. The summed E-state index contributed by atoms with van der Waals surface area (Å²) in [5, 5.41) is 0. The maximum atomic E-state index is 6.73. The molecule has 1 atom stereocenters. The lowest BCUT2D eigenvalue weighted by molar-refractivity contribution is 0.165. The van der Waals surface area contributed by atoms with Crippen molar-refractivity contribution >= 4 is 16.4 Å². The van der Waals surface area contributed by atoms with Crippen LogP contribution in [0.25, 0.3) is 0 Å². The predicted molar refractivity (Wildman–Crippen MR) is 113 cm³/mol. The van der Waals surface area contributed by atoms with Crippen molar-refractivity contribution in [1.82, 2.24) is 0 Å². The zero-order valence-corrected chi connectivity index (χ0v) is 19.5. The molecule has 0 aromatic heterocycles. The number of hydrogen-bond acceptors (Lipinski definition) is 1. The molecule has 1 unspecified atom stereocenters. The molecule has 23 heavy (non-hydrogen) atoms. The minimum absolute atomic E-state index is 0.545. The van der Waals surface area contributed by atoms with Gasteiger partial charge in [-0.3, -0.25) is 0 Å². The monoisotopic (exact) mass is 358 g/mol. The second-order valence-electron chi connectivity index (χ2n) is 9.29. The molecule has 0 aromatic rings. The lowest BCUT2D eigenvalue weighted by Gasteiger charge is -2.33. The van der Waals surface area contributed by atoms with Crippen molar-refractivity contribution in [1.29, 1.82) is 0 Å². The molecular formula is C20H46OSi2. The Morgan fingerprint density at radius 3 is 1.65 bits per heavy atom. The Morgan fingerprint density at radius 1 is 0.652 bits per heavy atom. The molecule has 0 fully saturated rings. The molecule has 140 valence electrons. The Kier molecular flexibility index (Phi) is 12.9. The smallest absolute Gasteiger partial charge is 0.184 e. The summed E-state index contributed by atoms with van der Waals surface area (Å²) in [6.07, 6.45) is 15.6. The minimum atomic E-state index is -1.48. The molecule has 0 spiro atoms. The highest BCUT2D eigenvalue weighted by Gasteiger charge is 2.32. The first kappa shape index (κ1) is 23.4. The van der Waals surface area contributed by atoms with Gasteiger partial charge in [-0.05, 0) is 31.6 Å². The van der Waals surface area contributed by atoms with Gasteiger partial charge in [-0.25, -0.2) is 0 Å². The van der Waals surface area contributed by atoms with E-state index in [4.69, 9.17) is 4.43 Å². The van der Waals surface area contributed by atoms with Crippen LogP contribution in [0.4, 0.5) is 0 Å². The molecule has 0 aliphatic rings.